The lowest BCUT2D eigenvalue weighted by Gasteiger charge is -2.38. The number of nitrogens with zero attached hydrogens (tertiary/aromatic N) is 3. The van der Waals surface area contributed by atoms with Crippen LogP contribution >= 0.6 is 11.6 Å². The molecule has 6 nitrogen and oxygen atoms in total. The van der Waals surface area contributed by atoms with Crippen molar-refractivity contribution in [3.63, 3.8) is 0 Å². The molecule has 2 heterocycles. The summed E-state index contributed by atoms with van der Waals surface area (Å²) in [5.41, 5.74) is 0.263. The van der Waals surface area contributed by atoms with E-state index in [0.29, 0.717) is 49.5 Å². The molecule has 2 fully saturated rings. The van der Waals surface area contributed by atoms with Gasteiger partial charge in [-0.1, -0.05) is 51.1 Å². The van der Waals surface area contributed by atoms with Gasteiger partial charge in [-0.05, 0) is 55.5 Å². The molecule has 2 atom stereocenters. The average molecular weight is 566 g/mol. The fourth-order valence-corrected chi connectivity index (χ4v) is 5.45. The number of alkyl halides is 3. The van der Waals surface area contributed by atoms with Gasteiger partial charge in [0.2, 0.25) is 5.91 Å². The summed E-state index contributed by atoms with van der Waals surface area (Å²) in [7, 11) is 1.29. The molecule has 2 aromatic carbocycles. The lowest BCUT2D eigenvalue weighted by molar-refractivity contribution is -0.154. The van der Waals surface area contributed by atoms with E-state index in [0.717, 1.165) is 17.7 Å². The monoisotopic (exact) mass is 565 g/mol. The van der Waals surface area contributed by atoms with Crippen molar-refractivity contribution in [3.05, 3.63) is 64.2 Å². The highest BCUT2D eigenvalue weighted by Crippen LogP contribution is 2.41. The summed E-state index contributed by atoms with van der Waals surface area (Å²) < 4.78 is 44.1. The van der Waals surface area contributed by atoms with E-state index in [1.165, 1.54) is 13.2 Å². The molecule has 0 spiro atoms. The molecule has 0 radical (unpaired) electrons. The second-order valence-electron chi connectivity index (χ2n) is 9.00. The van der Waals surface area contributed by atoms with Gasteiger partial charge in [-0.15, -0.1) is 0 Å². The van der Waals surface area contributed by atoms with Crippen LogP contribution in [-0.4, -0.2) is 43.0 Å². The summed E-state index contributed by atoms with van der Waals surface area (Å²) in [6.07, 6.45) is -2.63. The van der Waals surface area contributed by atoms with E-state index in [4.69, 9.17) is 16.3 Å². The van der Waals surface area contributed by atoms with E-state index in [9.17, 15) is 28.0 Å². The number of amides is 1. The highest BCUT2D eigenvalue weighted by molar-refractivity contribution is 6.31. The third-order valence-corrected chi connectivity index (χ3v) is 7.35. The van der Waals surface area contributed by atoms with Gasteiger partial charge in [0, 0.05) is 24.0 Å². The van der Waals surface area contributed by atoms with Gasteiger partial charge in [0.15, 0.2) is 0 Å². The number of benzene rings is 2. The summed E-state index contributed by atoms with van der Waals surface area (Å²) in [6, 6.07) is 11.2. The summed E-state index contributed by atoms with van der Waals surface area (Å²) in [5, 5.41) is 9.95. The molecule has 0 bridgehead atoms. The Morgan fingerprint density at radius 2 is 1.69 bits per heavy atom. The Labute approximate surface area is 233 Å². The summed E-state index contributed by atoms with van der Waals surface area (Å²) in [5.74, 6) is -1.02. The Morgan fingerprint density at radius 3 is 2.26 bits per heavy atom. The number of carbonyl (C=O) groups excluding carboxylic acids is 2. The summed E-state index contributed by atoms with van der Waals surface area (Å²) >= 11 is 6.42. The van der Waals surface area contributed by atoms with Crippen LogP contribution in [0.1, 0.15) is 69.7 Å². The fraction of sp³-hybridized carbons (Fsp3) is 0.483. The zero-order valence-electron chi connectivity index (χ0n) is 21.6. The van der Waals surface area contributed by atoms with E-state index in [1.807, 2.05) is 36.9 Å². The van der Waals surface area contributed by atoms with Crippen molar-refractivity contribution in [1.82, 2.24) is 4.90 Å². The van der Waals surface area contributed by atoms with Gasteiger partial charge in [0.25, 0.3) is 0 Å². The van der Waals surface area contributed by atoms with Crippen LogP contribution in [0.3, 0.4) is 0 Å². The number of rotatable bonds is 4. The van der Waals surface area contributed by atoms with E-state index in [1.54, 1.807) is 17.0 Å². The van der Waals surface area contributed by atoms with Gasteiger partial charge in [0.05, 0.1) is 30.0 Å². The van der Waals surface area contributed by atoms with Crippen LogP contribution < -0.4 is 4.90 Å². The fourth-order valence-electron chi connectivity index (χ4n) is 5.19. The van der Waals surface area contributed by atoms with Gasteiger partial charge in [-0.25, -0.2) is 4.79 Å². The molecule has 10 heteroatoms. The lowest BCUT2D eigenvalue weighted by atomic mass is 9.93. The lowest BCUT2D eigenvalue weighted by Crippen LogP contribution is -2.48. The van der Waals surface area contributed by atoms with Gasteiger partial charge in [-0.2, -0.15) is 18.4 Å². The highest BCUT2D eigenvalue weighted by atomic mass is 35.5. The Bertz CT molecular complexity index is 1190. The van der Waals surface area contributed by atoms with Gasteiger partial charge < -0.3 is 14.5 Å². The molecule has 0 aliphatic carbocycles. The molecule has 39 heavy (non-hydrogen) atoms. The molecule has 2 aromatic rings. The first-order chi connectivity index (χ1) is 18.2. The number of esters is 1. The number of piperidine rings is 1. The topological polar surface area (TPSA) is 73.6 Å². The number of nitriles is 1. The molecule has 4 rings (SSSR count). The zero-order valence-corrected chi connectivity index (χ0v) is 22.4. The SMILES string of the molecule is C.CC.COC(=O)C1CCC(c2ccccc2Cl)N1C(=O)C1CCN(c2ccc(C(F)(F)F)cc2C#N)CC1. The maximum atomic E-state index is 13.7. The molecule has 0 saturated carbocycles. The first-order valence-electron chi connectivity index (χ1n) is 12.7. The number of ether oxygens (including phenoxy) is 1. The first-order valence-corrected chi connectivity index (χ1v) is 13.0. The molecule has 212 valence electrons. The highest BCUT2D eigenvalue weighted by Gasteiger charge is 2.45. The van der Waals surface area contributed by atoms with Crippen molar-refractivity contribution in [2.24, 2.45) is 5.92 Å². The molecular weight excluding hydrogens is 531 g/mol. The van der Waals surface area contributed by atoms with Crippen LogP contribution in [0.5, 0.6) is 0 Å². The molecule has 0 N–H and O–H groups in total. The van der Waals surface area contributed by atoms with E-state index in [2.05, 4.69) is 0 Å². The van der Waals surface area contributed by atoms with Crippen molar-refractivity contribution in [3.8, 4) is 6.07 Å². The minimum atomic E-state index is -4.53. The Morgan fingerprint density at radius 1 is 1.05 bits per heavy atom. The maximum absolute atomic E-state index is 13.7. The third kappa shape index (κ3) is 6.85. The Hall–Kier alpha value is -3.25. The molecule has 2 saturated heterocycles. The zero-order chi connectivity index (χ0) is 28.0. The van der Waals surface area contributed by atoms with E-state index >= 15 is 0 Å². The maximum Gasteiger partial charge on any atom is 0.416 e. The van der Waals surface area contributed by atoms with Crippen molar-refractivity contribution in [2.75, 3.05) is 25.1 Å². The Balaban J connectivity index is 0.00000174. The average Bonchev–Trinajstić information content (AvgIpc) is 3.37. The summed E-state index contributed by atoms with van der Waals surface area (Å²) in [6.45, 7) is 4.79. The normalized spacial score (nSPS) is 19.3. The quantitative estimate of drug-likeness (QED) is 0.373. The second kappa shape index (κ2) is 13.7. The number of halogens is 4. The minimum absolute atomic E-state index is 0. The van der Waals surface area contributed by atoms with E-state index in [-0.39, 0.29) is 30.9 Å². The van der Waals surface area contributed by atoms with Gasteiger partial charge >= 0.3 is 12.1 Å². The first kappa shape index (κ1) is 32.0. The molecule has 1 amide bonds. The number of anilines is 1. The predicted octanol–water partition coefficient (Wildman–Crippen LogP) is 7.01. The van der Waals surface area contributed by atoms with Gasteiger partial charge in [0.1, 0.15) is 12.1 Å². The third-order valence-electron chi connectivity index (χ3n) is 7.01. The van der Waals surface area contributed by atoms with Crippen molar-refractivity contribution >= 4 is 29.2 Å². The predicted molar refractivity (Wildman–Crippen MR) is 145 cm³/mol. The molecule has 2 aliphatic rings. The van der Waals surface area contributed by atoms with Crippen LogP contribution in [0, 0.1) is 17.2 Å². The van der Waals surface area contributed by atoms with Gasteiger partial charge in [-0.3, -0.25) is 4.79 Å². The number of carbonyl (C=O) groups is 2. The van der Waals surface area contributed by atoms with Crippen LogP contribution in [0.25, 0.3) is 0 Å². The number of likely N-dealkylation sites (tertiary alicyclic amines) is 1. The van der Waals surface area contributed by atoms with E-state index < -0.39 is 23.8 Å². The molecular formula is C29H35ClF3N3O3. The molecule has 2 unspecified atom stereocenters. The van der Waals surface area contributed by atoms with Crippen molar-refractivity contribution in [2.45, 2.75) is 65.2 Å². The molecule has 0 aromatic heterocycles. The van der Waals surface area contributed by atoms with Crippen LogP contribution in [0.4, 0.5) is 18.9 Å². The molecule has 2 aliphatic heterocycles. The van der Waals surface area contributed by atoms with Crippen LogP contribution in [0.2, 0.25) is 5.02 Å². The standard InChI is InChI=1S/C26H25ClF3N3O3.C2H6.CH4/c1-36-25(35)23-9-8-22(19-4-2-3-5-20(19)27)33(23)24(34)16-10-12-32(13-11-16)21-7-6-18(26(28,29)30)14-17(21)15-31;1-2;/h2-7,14,16,22-23H,8-13H2,1H3;1-2H3;1H4. The van der Waals surface area contributed by atoms with Crippen LogP contribution in [0.15, 0.2) is 42.5 Å². The van der Waals surface area contributed by atoms with Crippen molar-refractivity contribution in [1.29, 1.82) is 5.26 Å². The minimum Gasteiger partial charge on any atom is -0.467 e. The Kier molecular flexibility index (Phi) is 11.2. The number of hydrogen-bond acceptors (Lipinski definition) is 5. The summed E-state index contributed by atoms with van der Waals surface area (Å²) in [4.78, 5) is 29.7. The second-order valence-corrected chi connectivity index (χ2v) is 9.41. The largest absolute Gasteiger partial charge is 0.467 e. The van der Waals surface area contributed by atoms with Crippen LogP contribution in [-0.2, 0) is 20.5 Å². The van der Waals surface area contributed by atoms with Crippen molar-refractivity contribution < 1.29 is 27.5 Å². The number of methoxy groups -OCH3 is 1. The number of hydrogen-bond donors (Lipinski definition) is 0. The smallest absolute Gasteiger partial charge is 0.416 e.